The molecule has 0 amide bonds. The number of hydrogen-bond acceptors (Lipinski definition) is 6. The summed E-state index contributed by atoms with van der Waals surface area (Å²) in [7, 11) is 1.55. The molecular formula is C12H13NO3S2. The minimum Gasteiger partial charge on any atom is -0.455 e. The summed E-state index contributed by atoms with van der Waals surface area (Å²) in [6.07, 6.45) is 3.66. The largest absolute Gasteiger partial charge is 0.455 e. The van der Waals surface area contributed by atoms with Crippen molar-refractivity contribution in [1.29, 1.82) is 5.26 Å². The maximum atomic E-state index is 12.1. The predicted molar refractivity (Wildman–Crippen MR) is 73.4 cm³/mol. The molecule has 1 aromatic heterocycles. The zero-order valence-electron chi connectivity index (χ0n) is 10.4. The van der Waals surface area contributed by atoms with Gasteiger partial charge in [-0.3, -0.25) is 4.79 Å². The van der Waals surface area contributed by atoms with E-state index in [1.54, 1.807) is 19.2 Å². The van der Waals surface area contributed by atoms with Crippen LogP contribution in [0, 0.1) is 11.3 Å². The SMILES string of the molecule is COCc1ccc(C(=O)C(C#N)=C(SC)SC)o1. The van der Waals surface area contributed by atoms with Gasteiger partial charge in [0.1, 0.15) is 24.0 Å². The van der Waals surface area contributed by atoms with Gasteiger partial charge >= 0.3 is 0 Å². The quantitative estimate of drug-likeness (QED) is 0.454. The first kappa shape index (κ1) is 14.9. The third-order valence-corrected chi connectivity index (χ3v) is 4.24. The number of nitriles is 1. The molecule has 1 rings (SSSR count). The molecule has 0 fully saturated rings. The van der Waals surface area contributed by atoms with E-state index in [0.717, 1.165) is 0 Å². The van der Waals surface area contributed by atoms with Crippen LogP contribution in [0.3, 0.4) is 0 Å². The Morgan fingerprint density at radius 3 is 2.61 bits per heavy atom. The lowest BCUT2D eigenvalue weighted by molar-refractivity contribution is 0.1000. The average Bonchev–Trinajstić information content (AvgIpc) is 2.84. The number of carbonyl (C=O) groups excluding carboxylic acids is 1. The summed E-state index contributed by atoms with van der Waals surface area (Å²) < 4.78 is 10.9. The summed E-state index contributed by atoms with van der Waals surface area (Å²) in [6.45, 7) is 0.302. The number of ether oxygens (including phenoxy) is 1. The van der Waals surface area contributed by atoms with Crippen LogP contribution in [0.15, 0.2) is 26.4 Å². The topological polar surface area (TPSA) is 63.2 Å². The summed E-state index contributed by atoms with van der Waals surface area (Å²) in [4.78, 5) is 12.1. The van der Waals surface area contributed by atoms with Gasteiger partial charge in [0.2, 0.25) is 5.78 Å². The van der Waals surface area contributed by atoms with Crippen molar-refractivity contribution in [2.45, 2.75) is 6.61 Å². The van der Waals surface area contributed by atoms with Gasteiger partial charge in [0.05, 0.1) is 4.24 Å². The maximum absolute atomic E-state index is 12.1. The van der Waals surface area contributed by atoms with E-state index in [1.165, 1.54) is 23.5 Å². The number of rotatable bonds is 6. The summed E-state index contributed by atoms with van der Waals surface area (Å²) in [5, 5.41) is 9.08. The average molecular weight is 283 g/mol. The maximum Gasteiger partial charge on any atom is 0.240 e. The third kappa shape index (κ3) is 3.42. The van der Waals surface area contributed by atoms with Gasteiger partial charge in [0.15, 0.2) is 5.76 Å². The summed E-state index contributed by atoms with van der Waals surface area (Å²) in [5.74, 6) is 0.339. The van der Waals surface area contributed by atoms with Crippen LogP contribution in [0.25, 0.3) is 0 Å². The van der Waals surface area contributed by atoms with Crippen LogP contribution in [-0.4, -0.2) is 25.4 Å². The van der Waals surface area contributed by atoms with E-state index >= 15 is 0 Å². The smallest absolute Gasteiger partial charge is 0.240 e. The lowest BCUT2D eigenvalue weighted by atomic mass is 10.2. The summed E-state index contributed by atoms with van der Waals surface area (Å²) in [5.41, 5.74) is 0.119. The molecule has 0 aliphatic carbocycles. The number of Topliss-reactive ketones (excluding diaryl/α,β-unsaturated/α-hetero) is 1. The molecular weight excluding hydrogens is 270 g/mol. The van der Waals surface area contributed by atoms with Crippen LogP contribution in [0.5, 0.6) is 0 Å². The Hall–Kier alpha value is -1.16. The van der Waals surface area contributed by atoms with Crippen LogP contribution in [0.4, 0.5) is 0 Å². The molecule has 0 saturated carbocycles. The van der Waals surface area contributed by atoms with Gasteiger partial charge in [0.25, 0.3) is 0 Å². The van der Waals surface area contributed by atoms with Gasteiger partial charge in [-0.2, -0.15) is 5.26 Å². The van der Waals surface area contributed by atoms with Crippen LogP contribution in [-0.2, 0) is 11.3 Å². The number of carbonyl (C=O) groups is 1. The van der Waals surface area contributed by atoms with Crippen molar-refractivity contribution in [3.63, 3.8) is 0 Å². The lowest BCUT2D eigenvalue weighted by Gasteiger charge is -2.02. The van der Waals surface area contributed by atoms with Crippen LogP contribution >= 0.6 is 23.5 Å². The second-order valence-corrected chi connectivity index (χ2v) is 5.10. The van der Waals surface area contributed by atoms with Crippen molar-refractivity contribution in [3.05, 3.63) is 33.5 Å². The van der Waals surface area contributed by atoms with Crippen molar-refractivity contribution < 1.29 is 13.9 Å². The van der Waals surface area contributed by atoms with Crippen molar-refractivity contribution in [2.75, 3.05) is 19.6 Å². The highest BCUT2D eigenvalue weighted by Crippen LogP contribution is 2.29. The molecule has 96 valence electrons. The Balaban J connectivity index is 3.04. The monoisotopic (exact) mass is 283 g/mol. The molecule has 1 heterocycles. The fourth-order valence-corrected chi connectivity index (χ4v) is 2.67. The van der Waals surface area contributed by atoms with E-state index < -0.39 is 5.78 Å². The zero-order chi connectivity index (χ0) is 13.5. The molecule has 6 heteroatoms. The molecule has 4 nitrogen and oxygen atoms in total. The molecule has 0 aliphatic rings. The van der Waals surface area contributed by atoms with E-state index in [4.69, 9.17) is 14.4 Å². The van der Waals surface area contributed by atoms with Crippen LogP contribution in [0.1, 0.15) is 16.3 Å². The van der Waals surface area contributed by atoms with E-state index in [1.807, 2.05) is 18.6 Å². The van der Waals surface area contributed by atoms with E-state index in [-0.39, 0.29) is 11.3 Å². The predicted octanol–water partition coefficient (Wildman–Crippen LogP) is 3.07. The lowest BCUT2D eigenvalue weighted by Crippen LogP contribution is -2.02. The fraction of sp³-hybridized carbons (Fsp3) is 0.333. The Morgan fingerprint density at radius 1 is 1.44 bits per heavy atom. The van der Waals surface area contributed by atoms with Crippen LogP contribution < -0.4 is 0 Å². The van der Waals surface area contributed by atoms with Crippen LogP contribution in [0.2, 0.25) is 0 Å². The number of furan rings is 1. The zero-order valence-corrected chi connectivity index (χ0v) is 12.0. The van der Waals surface area contributed by atoms with Gasteiger partial charge in [-0.1, -0.05) is 0 Å². The first-order chi connectivity index (χ1) is 8.67. The Labute approximate surface area is 114 Å². The second-order valence-electron chi connectivity index (χ2n) is 3.21. The van der Waals surface area contributed by atoms with Gasteiger partial charge in [0, 0.05) is 7.11 Å². The Morgan fingerprint density at radius 2 is 2.11 bits per heavy atom. The highest BCUT2D eigenvalue weighted by Gasteiger charge is 2.20. The summed E-state index contributed by atoms with van der Waals surface area (Å²) >= 11 is 2.75. The van der Waals surface area contributed by atoms with Gasteiger partial charge in [-0.15, -0.1) is 23.5 Å². The number of thioether (sulfide) groups is 2. The molecule has 0 atom stereocenters. The number of ketones is 1. The van der Waals surface area contributed by atoms with E-state index in [9.17, 15) is 4.79 Å². The van der Waals surface area contributed by atoms with Gasteiger partial charge in [-0.25, -0.2) is 0 Å². The first-order valence-corrected chi connectivity index (χ1v) is 7.47. The number of hydrogen-bond donors (Lipinski definition) is 0. The van der Waals surface area contributed by atoms with Gasteiger partial charge < -0.3 is 9.15 Å². The molecule has 0 unspecified atom stereocenters. The molecule has 0 saturated heterocycles. The van der Waals surface area contributed by atoms with Crippen molar-refractivity contribution in [3.8, 4) is 6.07 Å². The summed E-state index contributed by atoms with van der Waals surface area (Å²) in [6, 6.07) is 5.17. The van der Waals surface area contributed by atoms with E-state index in [2.05, 4.69) is 0 Å². The number of methoxy groups -OCH3 is 1. The first-order valence-electron chi connectivity index (χ1n) is 5.02. The third-order valence-electron chi connectivity index (χ3n) is 2.09. The Bertz CT molecular complexity index is 494. The molecule has 1 aromatic rings. The molecule has 0 aliphatic heterocycles. The molecule has 0 radical (unpaired) electrons. The van der Waals surface area contributed by atoms with E-state index in [0.29, 0.717) is 16.6 Å². The second kappa shape index (κ2) is 7.31. The Kier molecular flexibility index (Phi) is 6.05. The number of allylic oxidation sites excluding steroid dienone is 1. The molecule has 0 N–H and O–H groups in total. The van der Waals surface area contributed by atoms with Crippen molar-refractivity contribution in [1.82, 2.24) is 0 Å². The highest BCUT2D eigenvalue weighted by atomic mass is 32.2. The highest BCUT2D eigenvalue weighted by molar-refractivity contribution is 8.21. The normalized spacial score (nSPS) is 9.89. The number of nitrogens with zero attached hydrogens (tertiary/aromatic N) is 1. The fourth-order valence-electron chi connectivity index (χ4n) is 1.32. The van der Waals surface area contributed by atoms with Crippen molar-refractivity contribution in [2.24, 2.45) is 0 Å². The molecule has 0 bridgehead atoms. The minimum atomic E-state index is -0.390. The molecule has 0 aromatic carbocycles. The molecule has 18 heavy (non-hydrogen) atoms. The molecule has 0 spiro atoms. The minimum absolute atomic E-state index is 0.119. The van der Waals surface area contributed by atoms with Crippen molar-refractivity contribution >= 4 is 29.3 Å². The van der Waals surface area contributed by atoms with Gasteiger partial charge in [-0.05, 0) is 24.6 Å². The standard InChI is InChI=1S/C12H13NO3S2/c1-15-7-8-4-5-10(16-8)11(14)9(6-13)12(17-2)18-3/h4-5H,7H2,1-3H3.